The molecule has 0 unspecified atom stereocenters. The molecule has 1 aliphatic heterocycles. The van der Waals surface area contributed by atoms with Gasteiger partial charge in [-0.1, -0.05) is 23.7 Å². The molecule has 2 amide bonds. The van der Waals surface area contributed by atoms with E-state index in [1.807, 2.05) is 4.90 Å². The van der Waals surface area contributed by atoms with Crippen LogP contribution in [-0.2, 0) is 14.8 Å². The minimum absolute atomic E-state index is 0.00460. The highest BCUT2D eigenvalue weighted by Gasteiger charge is 2.25. The lowest BCUT2D eigenvalue weighted by molar-refractivity contribution is -0.123. The fraction of sp³-hybridized carbons (Fsp3) is 0.300. The second kappa shape index (κ2) is 10.2. The number of piperidine rings is 1. The quantitative estimate of drug-likeness (QED) is 0.559. The second-order valence-electron chi connectivity index (χ2n) is 7.11. The summed E-state index contributed by atoms with van der Waals surface area (Å²) in [4.78, 5) is 26.0. The van der Waals surface area contributed by atoms with E-state index in [4.69, 9.17) is 11.6 Å². The van der Waals surface area contributed by atoms with Gasteiger partial charge in [0.05, 0.1) is 22.0 Å². The van der Waals surface area contributed by atoms with Crippen LogP contribution in [0.25, 0.3) is 0 Å². The van der Waals surface area contributed by atoms with Gasteiger partial charge in [0.1, 0.15) is 5.82 Å². The van der Waals surface area contributed by atoms with Gasteiger partial charge in [0.2, 0.25) is 10.0 Å². The zero-order valence-corrected chi connectivity index (χ0v) is 18.0. The normalized spacial score (nSPS) is 15.4. The minimum atomic E-state index is -3.74. The van der Waals surface area contributed by atoms with Crippen LogP contribution in [0.4, 0.5) is 4.39 Å². The zero-order chi connectivity index (χ0) is 22.4. The molecule has 8 nitrogen and oxygen atoms in total. The molecule has 0 bridgehead atoms. The summed E-state index contributed by atoms with van der Waals surface area (Å²) in [5.41, 5.74) is 4.92. The Morgan fingerprint density at radius 1 is 1.03 bits per heavy atom. The molecular formula is C20H22ClFN4O4S. The highest BCUT2D eigenvalue weighted by molar-refractivity contribution is 7.89. The Balaban J connectivity index is 1.42. The monoisotopic (exact) mass is 468 g/mol. The van der Waals surface area contributed by atoms with Crippen LogP contribution < -0.4 is 15.6 Å². The molecule has 31 heavy (non-hydrogen) atoms. The Hall–Kier alpha value is -2.53. The van der Waals surface area contributed by atoms with Crippen LogP contribution in [0.3, 0.4) is 0 Å². The average Bonchev–Trinajstić information content (AvgIpc) is 2.74. The molecule has 0 aliphatic carbocycles. The molecular weight excluding hydrogens is 447 g/mol. The number of hydrazine groups is 1. The third-order valence-corrected chi connectivity index (χ3v) is 6.70. The number of carbonyl (C=O) groups is 2. The first-order valence-electron chi connectivity index (χ1n) is 9.58. The first-order valence-corrected chi connectivity index (χ1v) is 11.4. The number of sulfonamides is 1. The van der Waals surface area contributed by atoms with Crippen LogP contribution in [0.15, 0.2) is 53.4 Å². The lowest BCUT2D eigenvalue weighted by Gasteiger charge is -2.31. The summed E-state index contributed by atoms with van der Waals surface area (Å²) in [7, 11) is -3.74. The molecule has 1 aliphatic rings. The van der Waals surface area contributed by atoms with Crippen molar-refractivity contribution in [1.82, 2.24) is 20.5 Å². The predicted molar refractivity (Wildman–Crippen MR) is 113 cm³/mol. The lowest BCUT2D eigenvalue weighted by Crippen LogP contribution is -2.50. The summed E-state index contributed by atoms with van der Waals surface area (Å²) in [6.45, 7) is 1.06. The lowest BCUT2D eigenvalue weighted by atomic mass is 10.1. The van der Waals surface area contributed by atoms with Crippen molar-refractivity contribution >= 4 is 33.4 Å². The third kappa shape index (κ3) is 6.47. The predicted octanol–water partition coefficient (Wildman–Crippen LogP) is 1.68. The number of hydrogen-bond acceptors (Lipinski definition) is 5. The zero-order valence-electron chi connectivity index (χ0n) is 16.5. The van der Waals surface area contributed by atoms with Gasteiger partial charge in [-0.3, -0.25) is 25.3 Å². The van der Waals surface area contributed by atoms with E-state index in [1.165, 1.54) is 12.1 Å². The molecule has 11 heteroatoms. The Morgan fingerprint density at radius 3 is 2.32 bits per heavy atom. The largest absolute Gasteiger partial charge is 0.294 e. The van der Waals surface area contributed by atoms with Crippen LogP contribution >= 0.6 is 11.6 Å². The molecule has 3 rings (SSSR count). The van der Waals surface area contributed by atoms with Crippen molar-refractivity contribution in [3.8, 4) is 0 Å². The van der Waals surface area contributed by atoms with Crippen LogP contribution in [0, 0.1) is 5.82 Å². The molecule has 0 spiro atoms. The van der Waals surface area contributed by atoms with Crippen molar-refractivity contribution in [1.29, 1.82) is 0 Å². The molecule has 1 saturated heterocycles. The first-order chi connectivity index (χ1) is 14.7. The molecule has 0 radical (unpaired) electrons. The second-order valence-corrected chi connectivity index (χ2v) is 9.23. The van der Waals surface area contributed by atoms with Crippen molar-refractivity contribution in [3.63, 3.8) is 0 Å². The van der Waals surface area contributed by atoms with Crippen LogP contribution in [0.2, 0.25) is 5.02 Å². The Morgan fingerprint density at radius 2 is 1.68 bits per heavy atom. The number of rotatable bonds is 6. The van der Waals surface area contributed by atoms with Gasteiger partial charge in [-0.05, 0) is 49.2 Å². The van der Waals surface area contributed by atoms with Crippen molar-refractivity contribution in [2.24, 2.45) is 0 Å². The van der Waals surface area contributed by atoms with Crippen molar-refractivity contribution in [2.75, 3.05) is 19.6 Å². The summed E-state index contributed by atoms with van der Waals surface area (Å²) in [5.74, 6) is -1.42. The van der Waals surface area contributed by atoms with Crippen molar-refractivity contribution < 1.29 is 22.4 Å². The van der Waals surface area contributed by atoms with E-state index in [2.05, 4.69) is 15.6 Å². The molecule has 1 fully saturated rings. The number of likely N-dealkylation sites (tertiary alicyclic amines) is 1. The molecule has 0 aromatic heterocycles. The van der Waals surface area contributed by atoms with Gasteiger partial charge in [0.25, 0.3) is 11.8 Å². The maximum atomic E-state index is 13.0. The van der Waals surface area contributed by atoms with Gasteiger partial charge < -0.3 is 0 Å². The van der Waals surface area contributed by atoms with Crippen LogP contribution in [-0.4, -0.2) is 50.8 Å². The molecule has 0 atom stereocenters. The van der Waals surface area contributed by atoms with Gasteiger partial charge in [0, 0.05) is 19.1 Å². The summed E-state index contributed by atoms with van der Waals surface area (Å²) in [5, 5.41) is 0.277. The van der Waals surface area contributed by atoms with Gasteiger partial charge in [-0.25, -0.2) is 17.5 Å². The Bertz CT molecular complexity index is 1040. The maximum Gasteiger partial charge on any atom is 0.271 e. The molecule has 166 valence electrons. The topological polar surface area (TPSA) is 108 Å². The Labute approximate surface area is 184 Å². The van der Waals surface area contributed by atoms with Crippen molar-refractivity contribution in [3.05, 3.63) is 64.9 Å². The van der Waals surface area contributed by atoms with E-state index in [9.17, 15) is 22.4 Å². The first kappa shape index (κ1) is 23.1. The van der Waals surface area contributed by atoms with Crippen molar-refractivity contribution in [2.45, 2.75) is 23.8 Å². The molecule has 1 heterocycles. The number of halogens is 2. The summed E-state index contributed by atoms with van der Waals surface area (Å²) < 4.78 is 40.4. The van der Waals surface area contributed by atoms with E-state index in [1.54, 1.807) is 24.3 Å². The molecule has 3 N–H and O–H groups in total. The van der Waals surface area contributed by atoms with Crippen LogP contribution in [0.1, 0.15) is 23.2 Å². The Kier molecular flexibility index (Phi) is 7.60. The maximum absolute atomic E-state index is 13.0. The van der Waals surface area contributed by atoms with Gasteiger partial charge in [-0.15, -0.1) is 0 Å². The fourth-order valence-electron chi connectivity index (χ4n) is 3.19. The average molecular weight is 469 g/mol. The van der Waals surface area contributed by atoms with Gasteiger partial charge in [0.15, 0.2) is 0 Å². The third-order valence-electron chi connectivity index (χ3n) is 4.83. The summed E-state index contributed by atoms with van der Waals surface area (Å²) in [6.07, 6.45) is 1.03. The highest BCUT2D eigenvalue weighted by Crippen LogP contribution is 2.16. The number of benzene rings is 2. The standard InChI is InChI=1S/C20H22ClFN4O4S/c21-18-4-2-1-3-17(18)20(28)24-23-19(27)13-26-11-9-15(10-12-26)25-31(29,30)16-7-5-14(22)6-8-16/h1-8,15,25H,9-13H2,(H,23,27)(H,24,28). The van der Waals surface area contributed by atoms with Gasteiger partial charge in [-0.2, -0.15) is 0 Å². The smallest absolute Gasteiger partial charge is 0.271 e. The number of carbonyl (C=O) groups excluding carboxylic acids is 2. The number of amides is 2. The highest BCUT2D eigenvalue weighted by atomic mass is 35.5. The fourth-order valence-corrected chi connectivity index (χ4v) is 4.72. The van der Waals surface area contributed by atoms with E-state index < -0.39 is 27.7 Å². The molecule has 0 saturated carbocycles. The van der Waals surface area contributed by atoms with Gasteiger partial charge >= 0.3 is 0 Å². The number of nitrogens with zero attached hydrogens (tertiary/aromatic N) is 1. The number of hydrogen-bond donors (Lipinski definition) is 3. The minimum Gasteiger partial charge on any atom is -0.294 e. The molecule has 2 aromatic carbocycles. The molecule has 2 aromatic rings. The van der Waals surface area contributed by atoms with E-state index in [0.29, 0.717) is 25.9 Å². The SMILES string of the molecule is O=C(CN1CCC(NS(=O)(=O)c2ccc(F)cc2)CC1)NNC(=O)c1ccccc1Cl. The van der Waals surface area contributed by atoms with Crippen LogP contribution in [0.5, 0.6) is 0 Å². The van der Waals surface area contributed by atoms with E-state index in [0.717, 1.165) is 12.1 Å². The summed E-state index contributed by atoms with van der Waals surface area (Å²) in [6, 6.07) is 10.8. The van der Waals surface area contributed by atoms with E-state index >= 15 is 0 Å². The number of nitrogens with one attached hydrogen (secondary N) is 3. The van der Waals surface area contributed by atoms with E-state index in [-0.39, 0.29) is 28.1 Å². The summed E-state index contributed by atoms with van der Waals surface area (Å²) >= 11 is 5.95.